The highest BCUT2D eigenvalue weighted by Crippen LogP contribution is 2.25. The number of nitrogen functional groups attached to an aromatic ring is 2. The van der Waals surface area contributed by atoms with Gasteiger partial charge in [-0.1, -0.05) is 35.2 Å². The van der Waals surface area contributed by atoms with Crippen LogP contribution in [-0.2, 0) is 28.5 Å². The van der Waals surface area contributed by atoms with Crippen LogP contribution in [0.5, 0.6) is 0 Å². The molecule has 3 heterocycles. The van der Waals surface area contributed by atoms with Crippen LogP contribution >= 0.6 is 0 Å². The molecule has 6 aliphatic rings. The van der Waals surface area contributed by atoms with Crippen LogP contribution in [0.1, 0.15) is 77.0 Å². The van der Waals surface area contributed by atoms with Crippen molar-refractivity contribution in [2.75, 3.05) is 11.5 Å². The van der Waals surface area contributed by atoms with Crippen LogP contribution in [0.3, 0.4) is 0 Å². The molecule has 0 spiro atoms. The number of benzene rings is 2. The Morgan fingerprint density at radius 3 is 0.804 bits per heavy atom. The van der Waals surface area contributed by atoms with Crippen LogP contribution in [0, 0.1) is 0 Å². The van der Waals surface area contributed by atoms with Gasteiger partial charge >= 0.3 is 13.5 Å². The number of hydrogen-bond acceptors (Lipinski definition) is 14. The van der Waals surface area contributed by atoms with Crippen molar-refractivity contribution in [2.45, 2.75) is 77.0 Å². The molecule has 0 aromatic heterocycles. The number of anilines is 2. The van der Waals surface area contributed by atoms with Gasteiger partial charge in [-0.3, -0.25) is 0 Å². The van der Waals surface area contributed by atoms with Crippen molar-refractivity contribution in [3.05, 3.63) is 48.5 Å². The summed E-state index contributed by atoms with van der Waals surface area (Å²) >= 11 is 0. The molecule has 16 heteroatoms. The third kappa shape index (κ3) is 6.11. The lowest BCUT2D eigenvalue weighted by Crippen LogP contribution is -2.55. The van der Waals surface area contributed by atoms with Gasteiger partial charge in [0.1, 0.15) is 0 Å². The molecule has 3 saturated carbocycles. The molecule has 2 aromatic carbocycles. The number of nitrogens with zero attached hydrogens (tertiary/aromatic N) is 6. The minimum absolute atomic E-state index is 0.499. The van der Waals surface area contributed by atoms with Crippen molar-refractivity contribution in [1.29, 1.82) is 0 Å². The summed E-state index contributed by atoms with van der Waals surface area (Å²) in [6, 6.07) is 13.9. The van der Waals surface area contributed by atoms with Gasteiger partial charge in [-0.25, -0.2) is 0 Å². The predicted molar refractivity (Wildman–Crippen MR) is 179 cm³/mol. The first-order valence-electron chi connectivity index (χ1n) is 16.0. The van der Waals surface area contributed by atoms with Crippen molar-refractivity contribution in [1.82, 2.24) is 0 Å². The molecule has 0 amide bonds. The smallest absolute Gasteiger partial charge is 0.536 e. The number of nitrogens with two attached hydrogens (primary N) is 2. The summed E-state index contributed by atoms with van der Waals surface area (Å²) in [4.78, 5) is 0. The Hall–Kier alpha value is -5.01. The molecular formula is C30H36B2N8O6-2. The van der Waals surface area contributed by atoms with Gasteiger partial charge in [0.25, 0.3) is 0 Å². The zero-order valence-corrected chi connectivity index (χ0v) is 25.5. The molecule has 3 fully saturated rings. The van der Waals surface area contributed by atoms with Gasteiger partial charge in [0, 0.05) is 11.4 Å². The lowest BCUT2D eigenvalue weighted by atomic mass is 9.70. The molecule has 2 bridgehead atoms. The van der Waals surface area contributed by atoms with E-state index in [1.165, 1.54) is 0 Å². The largest absolute Gasteiger partial charge is 0.640 e. The highest BCUT2D eigenvalue weighted by molar-refractivity contribution is 6.76. The summed E-state index contributed by atoms with van der Waals surface area (Å²) in [6.07, 6.45) is 8.70. The average molecular weight is 626 g/mol. The van der Waals surface area contributed by atoms with E-state index in [1.54, 1.807) is 48.5 Å². The maximum absolute atomic E-state index is 6.31. The fourth-order valence-corrected chi connectivity index (χ4v) is 5.95. The van der Waals surface area contributed by atoms with Crippen molar-refractivity contribution in [2.24, 2.45) is 30.9 Å². The Morgan fingerprint density at radius 1 is 0.370 bits per heavy atom. The maximum atomic E-state index is 6.31. The third-order valence-electron chi connectivity index (χ3n) is 8.73. The Labute approximate surface area is 266 Å². The van der Waals surface area contributed by atoms with E-state index < -0.39 is 13.5 Å². The molecule has 0 atom stereocenters. The molecule has 0 saturated heterocycles. The van der Waals surface area contributed by atoms with Gasteiger partial charge in [-0.15, -0.1) is 30.9 Å². The maximum Gasteiger partial charge on any atom is 0.640 e. The Bertz CT molecular complexity index is 1400. The van der Waals surface area contributed by atoms with E-state index >= 15 is 0 Å². The second-order valence-electron chi connectivity index (χ2n) is 12.1. The topological polar surface area (TPSA) is 182 Å². The molecule has 8 rings (SSSR count). The van der Waals surface area contributed by atoms with Gasteiger partial charge < -0.3 is 40.0 Å². The standard InChI is InChI=1S/C30H36B2N8O6/c33-23-17-13-21(14-18-23)31-41-35-25-7-1-2-8-26(25)36-42-32(22-15-19-24(34)20-16-22,45-39-29-11-5-3-9-27(29)37-43-31)46-40-30-12-6-4-10-28(30)38-44-31/h13-20H,1-12,33-34H2/q-2/b35-25+,36-26+,37-27+,38-28+,39-29+,40-30?. The molecule has 4 N–H and O–H groups in total. The Kier molecular flexibility index (Phi) is 8.24. The summed E-state index contributed by atoms with van der Waals surface area (Å²) in [5.74, 6) is 0. The molecule has 0 radical (unpaired) electrons. The SMILES string of the molecule is Nc1ccc([B-]23ON=C4CCCC/C4=N\O[B-](c4ccc(N)cc4)(O/N=C4\CCCC\C4=N/O2)O/N=C2\CCCC\C2=N/O3)cc1. The first-order valence-corrected chi connectivity index (χ1v) is 16.0. The van der Waals surface area contributed by atoms with Crippen LogP contribution in [0.2, 0.25) is 0 Å². The number of oxime groups is 6. The first-order chi connectivity index (χ1) is 22.5. The third-order valence-corrected chi connectivity index (χ3v) is 8.73. The van der Waals surface area contributed by atoms with E-state index in [0.29, 0.717) is 95.1 Å². The minimum atomic E-state index is -2.93. The van der Waals surface area contributed by atoms with Crippen molar-refractivity contribution < 1.29 is 28.5 Å². The van der Waals surface area contributed by atoms with Crippen molar-refractivity contribution in [3.63, 3.8) is 0 Å². The second-order valence-corrected chi connectivity index (χ2v) is 12.1. The van der Waals surface area contributed by atoms with Gasteiger partial charge in [-0.05, 0) is 101 Å². The van der Waals surface area contributed by atoms with E-state index in [9.17, 15) is 0 Å². The lowest BCUT2D eigenvalue weighted by molar-refractivity contribution is 0.0758. The molecule has 240 valence electrons. The molecule has 2 aromatic rings. The number of fused-ring (bicyclic) bond motifs is 6. The minimum Gasteiger partial charge on any atom is -0.536 e. The number of rotatable bonds is 2. The summed E-state index contributed by atoms with van der Waals surface area (Å²) in [7, 11) is 0. The molecule has 3 aliphatic heterocycles. The fourth-order valence-electron chi connectivity index (χ4n) is 5.95. The Balaban J connectivity index is 1.47. The van der Waals surface area contributed by atoms with E-state index in [1.807, 2.05) is 0 Å². The first kappa shape index (κ1) is 29.7. The summed E-state index contributed by atoms with van der Waals surface area (Å²) < 4.78 is 37.8. The predicted octanol–water partition coefficient (Wildman–Crippen LogP) is 3.83. The molecule has 46 heavy (non-hydrogen) atoms. The average Bonchev–Trinajstić information content (AvgIpc) is 3.09. The lowest BCUT2D eigenvalue weighted by Gasteiger charge is -2.38. The number of hydrogen-bond donors (Lipinski definition) is 2. The van der Waals surface area contributed by atoms with E-state index in [2.05, 4.69) is 30.9 Å². The van der Waals surface area contributed by atoms with Crippen molar-refractivity contribution >= 4 is 70.1 Å². The molecule has 0 unspecified atom stereocenters. The van der Waals surface area contributed by atoms with Gasteiger partial charge in [0.05, 0.1) is 34.3 Å². The highest BCUT2D eigenvalue weighted by atomic mass is 16.9. The van der Waals surface area contributed by atoms with Crippen LogP contribution in [0.4, 0.5) is 11.4 Å². The zero-order valence-electron chi connectivity index (χ0n) is 25.5. The van der Waals surface area contributed by atoms with Crippen LogP contribution in [-0.4, -0.2) is 47.8 Å². The fraction of sp³-hybridized carbons (Fsp3) is 0.400. The molecule has 3 aliphatic carbocycles. The quantitative estimate of drug-likeness (QED) is 0.373. The summed E-state index contributed by atoms with van der Waals surface area (Å²) in [5, 5.41) is 27.5. The van der Waals surface area contributed by atoms with Gasteiger partial charge in [-0.2, -0.15) is 0 Å². The van der Waals surface area contributed by atoms with Gasteiger partial charge in [0.15, 0.2) is 0 Å². The van der Waals surface area contributed by atoms with Crippen LogP contribution in [0.25, 0.3) is 0 Å². The van der Waals surface area contributed by atoms with Crippen molar-refractivity contribution in [3.8, 4) is 0 Å². The molecule has 14 nitrogen and oxygen atoms in total. The second kappa shape index (κ2) is 12.8. The summed E-state index contributed by atoms with van der Waals surface area (Å²) in [5.41, 5.74) is 17.5. The van der Waals surface area contributed by atoms with E-state index in [0.717, 1.165) is 38.5 Å². The Morgan fingerprint density at radius 2 is 0.587 bits per heavy atom. The normalized spacial score (nSPS) is 32.2. The highest BCUT2D eigenvalue weighted by Gasteiger charge is 2.44. The van der Waals surface area contributed by atoms with E-state index in [-0.39, 0.29) is 0 Å². The van der Waals surface area contributed by atoms with Crippen LogP contribution < -0.4 is 22.4 Å². The molecular weight excluding hydrogens is 590 g/mol. The van der Waals surface area contributed by atoms with Crippen LogP contribution in [0.15, 0.2) is 79.5 Å². The van der Waals surface area contributed by atoms with Gasteiger partial charge in [0.2, 0.25) is 0 Å². The summed E-state index contributed by atoms with van der Waals surface area (Å²) in [6.45, 7) is -5.86. The van der Waals surface area contributed by atoms with E-state index in [4.69, 9.17) is 40.0 Å². The monoisotopic (exact) mass is 626 g/mol. The zero-order chi connectivity index (χ0) is 31.4.